The van der Waals surface area contributed by atoms with E-state index in [9.17, 15) is 0 Å². The second-order valence-corrected chi connectivity index (χ2v) is 3.43. The monoisotopic (exact) mass is 174 g/mol. The zero-order valence-electron chi connectivity index (χ0n) is 4.25. The molecule has 0 unspecified atom stereocenters. The van der Waals surface area contributed by atoms with Gasteiger partial charge in [-0.05, 0) is 41.7 Å². The van der Waals surface area contributed by atoms with Crippen LogP contribution in [0.3, 0.4) is 0 Å². The van der Waals surface area contributed by atoms with E-state index in [0.29, 0.717) is 5.76 Å². The van der Waals surface area contributed by atoms with Crippen LogP contribution >= 0.6 is 34.8 Å². The Balaban J connectivity index is 3.55. The fourth-order valence-corrected chi connectivity index (χ4v) is 0.593. The van der Waals surface area contributed by atoms with Crippen molar-refractivity contribution < 1.29 is 4.74 Å². The number of allylic oxidation sites excluding steroid dienone is 1. The summed E-state index contributed by atoms with van der Waals surface area (Å²) >= 11 is 15.5. The molecule has 0 radical (unpaired) electrons. The summed E-state index contributed by atoms with van der Waals surface area (Å²) in [4.78, 5) is 0. The van der Waals surface area contributed by atoms with Crippen LogP contribution in [0.2, 0.25) is 0 Å². The number of hydrogen-bond acceptors (Lipinski definition) is 1. The van der Waals surface area contributed by atoms with Gasteiger partial charge in [-0.2, -0.15) is 0 Å². The molecule has 0 saturated heterocycles. The molecule has 4 heteroatoms. The van der Waals surface area contributed by atoms with Crippen molar-refractivity contribution in [1.82, 2.24) is 0 Å². The molecule has 0 aliphatic heterocycles. The van der Waals surface area contributed by atoms with Gasteiger partial charge in [0.25, 0.3) is 0 Å². The van der Waals surface area contributed by atoms with Crippen molar-refractivity contribution in [2.24, 2.45) is 0 Å². The number of rotatable bonds is 1. The van der Waals surface area contributed by atoms with Crippen molar-refractivity contribution in [2.75, 3.05) is 0 Å². The Morgan fingerprint density at radius 2 is 1.88 bits per heavy atom. The van der Waals surface area contributed by atoms with Crippen LogP contribution in [0.4, 0.5) is 0 Å². The zero-order valence-corrected chi connectivity index (χ0v) is 6.52. The fraction of sp³-hybridized carbons (Fsp3) is 0.500. The van der Waals surface area contributed by atoms with Crippen LogP contribution in [0.5, 0.6) is 0 Å². The van der Waals surface area contributed by atoms with E-state index >= 15 is 0 Å². The molecule has 0 spiro atoms. The van der Waals surface area contributed by atoms with Crippen LogP contribution in [0.1, 0.15) is 6.92 Å². The van der Waals surface area contributed by atoms with E-state index < -0.39 is 3.98 Å². The summed E-state index contributed by atoms with van der Waals surface area (Å²) in [6.07, 6.45) is 0. The highest BCUT2D eigenvalue weighted by Gasteiger charge is 2.20. The largest absolute Gasteiger partial charge is 0.451 e. The third kappa shape index (κ3) is 6.41. The number of alkyl halides is 3. The zero-order chi connectivity index (χ0) is 6.78. The lowest BCUT2D eigenvalue weighted by molar-refractivity contribution is 0.214. The predicted molar refractivity (Wildman–Crippen MR) is 36.2 cm³/mol. The SMILES string of the molecule is C=C(C)OC(Cl)(Cl)Cl. The lowest BCUT2D eigenvalue weighted by atomic mass is 10.7. The number of halogens is 3. The molecule has 1 nitrogen and oxygen atoms in total. The van der Waals surface area contributed by atoms with E-state index in [0.717, 1.165) is 0 Å². The normalized spacial score (nSPS) is 11.0. The van der Waals surface area contributed by atoms with Crippen molar-refractivity contribution in [2.45, 2.75) is 10.9 Å². The lowest BCUT2D eigenvalue weighted by Gasteiger charge is -2.11. The van der Waals surface area contributed by atoms with Gasteiger partial charge in [0.05, 0.1) is 5.76 Å². The van der Waals surface area contributed by atoms with E-state index in [-0.39, 0.29) is 0 Å². The van der Waals surface area contributed by atoms with Gasteiger partial charge in [0, 0.05) is 0 Å². The van der Waals surface area contributed by atoms with E-state index in [1.54, 1.807) is 6.92 Å². The molecule has 0 aromatic carbocycles. The quantitative estimate of drug-likeness (QED) is 0.440. The van der Waals surface area contributed by atoms with Crippen LogP contribution in [0, 0.1) is 0 Å². The Bertz CT molecular complexity index is 93.9. The number of ether oxygens (including phenoxy) is 1. The Hall–Kier alpha value is 0.410. The molecule has 48 valence electrons. The molecule has 0 aliphatic rings. The molecule has 0 aromatic heterocycles. The smallest absolute Gasteiger partial charge is 0.338 e. The summed E-state index contributed by atoms with van der Waals surface area (Å²) < 4.78 is 2.88. The second-order valence-electron chi connectivity index (χ2n) is 1.25. The molecule has 0 fully saturated rings. The molecule has 0 rings (SSSR count). The van der Waals surface area contributed by atoms with Gasteiger partial charge in [-0.1, -0.05) is 6.58 Å². The Morgan fingerprint density at radius 3 is 1.88 bits per heavy atom. The van der Waals surface area contributed by atoms with E-state index in [2.05, 4.69) is 11.3 Å². The summed E-state index contributed by atoms with van der Waals surface area (Å²) in [5.74, 6) is 0.380. The van der Waals surface area contributed by atoms with Crippen molar-refractivity contribution >= 4 is 34.8 Å². The minimum atomic E-state index is -1.66. The highest BCUT2D eigenvalue weighted by atomic mass is 35.6. The van der Waals surface area contributed by atoms with Gasteiger partial charge in [0.1, 0.15) is 0 Å². The first kappa shape index (κ1) is 8.41. The molecule has 0 saturated carbocycles. The third-order valence-corrected chi connectivity index (χ3v) is 0.521. The topological polar surface area (TPSA) is 9.23 Å². The standard InChI is InChI=1S/C4H5Cl3O/c1-3(2)8-4(5,6)7/h1H2,2H3. The molecule has 0 N–H and O–H groups in total. The summed E-state index contributed by atoms with van der Waals surface area (Å²) in [5, 5.41) is 0. The molecule has 0 aromatic rings. The number of hydrogen-bond donors (Lipinski definition) is 0. The minimum Gasteiger partial charge on any atom is -0.451 e. The summed E-state index contributed by atoms with van der Waals surface area (Å²) in [6.45, 7) is 4.96. The van der Waals surface area contributed by atoms with Gasteiger partial charge < -0.3 is 4.74 Å². The predicted octanol–water partition coefficient (Wildman–Crippen LogP) is 2.86. The maximum atomic E-state index is 5.18. The molecule has 8 heavy (non-hydrogen) atoms. The van der Waals surface area contributed by atoms with Crippen LogP contribution in [-0.4, -0.2) is 3.98 Å². The van der Waals surface area contributed by atoms with Gasteiger partial charge >= 0.3 is 3.98 Å². The molecular weight excluding hydrogens is 170 g/mol. The Kier molecular flexibility index (Phi) is 2.95. The second kappa shape index (κ2) is 2.81. The van der Waals surface area contributed by atoms with Gasteiger partial charge in [-0.25, -0.2) is 0 Å². The van der Waals surface area contributed by atoms with Crippen molar-refractivity contribution in [1.29, 1.82) is 0 Å². The summed E-state index contributed by atoms with van der Waals surface area (Å²) in [7, 11) is 0. The van der Waals surface area contributed by atoms with E-state index in [4.69, 9.17) is 34.8 Å². The molecule has 0 aliphatic carbocycles. The van der Waals surface area contributed by atoms with Gasteiger partial charge in [0.2, 0.25) is 0 Å². The average Bonchev–Trinajstić information content (AvgIpc) is 1.21. The van der Waals surface area contributed by atoms with Crippen LogP contribution < -0.4 is 0 Å². The first-order valence-corrected chi connectivity index (χ1v) is 2.96. The molecular formula is C4H5Cl3O. The first-order chi connectivity index (χ1) is 3.42. The molecule has 0 atom stereocenters. The van der Waals surface area contributed by atoms with Crippen molar-refractivity contribution in [3.63, 3.8) is 0 Å². The Labute approximate surface area is 63.2 Å². The Morgan fingerprint density at radius 1 is 1.50 bits per heavy atom. The molecule has 0 bridgehead atoms. The maximum Gasteiger partial charge on any atom is 0.338 e. The molecule has 0 heterocycles. The maximum absolute atomic E-state index is 5.18. The van der Waals surface area contributed by atoms with Crippen LogP contribution in [0.15, 0.2) is 12.3 Å². The van der Waals surface area contributed by atoms with E-state index in [1.165, 1.54) is 0 Å². The van der Waals surface area contributed by atoms with Gasteiger partial charge in [-0.15, -0.1) is 0 Å². The molecule has 0 amide bonds. The van der Waals surface area contributed by atoms with Crippen LogP contribution in [-0.2, 0) is 4.74 Å². The minimum absolute atomic E-state index is 0.380. The third-order valence-electron chi connectivity index (χ3n) is 0.290. The lowest BCUT2D eigenvalue weighted by Crippen LogP contribution is -2.05. The van der Waals surface area contributed by atoms with Crippen molar-refractivity contribution in [3.05, 3.63) is 12.3 Å². The van der Waals surface area contributed by atoms with Gasteiger partial charge in [0.15, 0.2) is 0 Å². The van der Waals surface area contributed by atoms with E-state index in [1.807, 2.05) is 0 Å². The average molecular weight is 175 g/mol. The highest BCUT2D eigenvalue weighted by Crippen LogP contribution is 2.29. The summed E-state index contributed by atoms with van der Waals surface area (Å²) in [6, 6.07) is 0. The van der Waals surface area contributed by atoms with Gasteiger partial charge in [-0.3, -0.25) is 0 Å². The van der Waals surface area contributed by atoms with Crippen molar-refractivity contribution in [3.8, 4) is 0 Å². The highest BCUT2D eigenvalue weighted by molar-refractivity contribution is 6.66. The van der Waals surface area contributed by atoms with Crippen LogP contribution in [0.25, 0.3) is 0 Å². The first-order valence-electron chi connectivity index (χ1n) is 1.83. The fourth-order valence-electron chi connectivity index (χ4n) is 0.198. The summed E-state index contributed by atoms with van der Waals surface area (Å²) in [5.41, 5.74) is 0.